The summed E-state index contributed by atoms with van der Waals surface area (Å²) < 4.78 is 10.8. The molecule has 0 amide bonds. The van der Waals surface area contributed by atoms with E-state index >= 15 is 0 Å². The third-order valence-electron chi connectivity index (χ3n) is 4.93. The van der Waals surface area contributed by atoms with Gasteiger partial charge in [-0.05, 0) is 43.1 Å². The highest BCUT2D eigenvalue weighted by Crippen LogP contribution is 2.37. The molecule has 2 aliphatic heterocycles. The maximum Gasteiger partial charge on any atom is 0.231 e. The van der Waals surface area contributed by atoms with E-state index in [4.69, 9.17) is 9.47 Å². The second kappa shape index (κ2) is 6.45. The molecule has 4 rings (SSSR count). The van der Waals surface area contributed by atoms with Crippen molar-refractivity contribution in [2.75, 3.05) is 19.9 Å². The summed E-state index contributed by atoms with van der Waals surface area (Å²) in [5, 5.41) is 18.0. The second-order valence-corrected chi connectivity index (χ2v) is 6.55. The molecule has 0 unspecified atom stereocenters. The summed E-state index contributed by atoms with van der Waals surface area (Å²) >= 11 is 0. The molecule has 1 aromatic carbocycles. The van der Waals surface area contributed by atoms with E-state index in [9.17, 15) is 5.11 Å². The Balaban J connectivity index is 1.41. The van der Waals surface area contributed by atoms with Crippen LogP contribution in [0, 0.1) is 0 Å². The molecule has 1 saturated heterocycles. The number of nitrogens with zero attached hydrogens (tertiary/aromatic N) is 2. The van der Waals surface area contributed by atoms with E-state index in [1.54, 1.807) is 0 Å². The zero-order valence-corrected chi connectivity index (χ0v) is 13.9. The van der Waals surface area contributed by atoms with Crippen molar-refractivity contribution in [3.63, 3.8) is 0 Å². The average Bonchev–Trinajstić information content (AvgIpc) is 3.23. The molecule has 1 fully saturated rings. The van der Waals surface area contributed by atoms with Gasteiger partial charge in [-0.1, -0.05) is 13.0 Å². The first-order chi connectivity index (χ1) is 11.7. The van der Waals surface area contributed by atoms with Crippen LogP contribution in [-0.4, -0.2) is 46.2 Å². The monoisotopic (exact) mass is 329 g/mol. The molecule has 2 atom stereocenters. The number of benzene rings is 1. The molecule has 0 aliphatic carbocycles. The molecule has 1 aromatic heterocycles. The summed E-state index contributed by atoms with van der Waals surface area (Å²) in [7, 11) is 0. The van der Waals surface area contributed by atoms with E-state index in [0.29, 0.717) is 6.54 Å². The maximum absolute atomic E-state index is 10.6. The number of aromatic nitrogens is 2. The van der Waals surface area contributed by atoms with E-state index < -0.39 is 0 Å². The average molecular weight is 329 g/mol. The number of β-amino-alcohol motifs (C(OH)–C–C–N with tert-alkyl or cyclic N) is 1. The van der Waals surface area contributed by atoms with Crippen molar-refractivity contribution in [3.8, 4) is 11.5 Å². The van der Waals surface area contributed by atoms with Crippen LogP contribution in [0.15, 0.2) is 24.3 Å². The Kier molecular flexibility index (Phi) is 4.16. The van der Waals surface area contributed by atoms with Gasteiger partial charge in [0, 0.05) is 24.7 Å². The molecule has 3 heterocycles. The van der Waals surface area contributed by atoms with Crippen molar-refractivity contribution in [1.82, 2.24) is 15.1 Å². The van der Waals surface area contributed by atoms with E-state index in [1.165, 1.54) is 0 Å². The van der Waals surface area contributed by atoms with E-state index in [-0.39, 0.29) is 18.8 Å². The largest absolute Gasteiger partial charge is 0.454 e. The quantitative estimate of drug-likeness (QED) is 0.898. The smallest absolute Gasteiger partial charge is 0.231 e. The summed E-state index contributed by atoms with van der Waals surface area (Å²) in [5.74, 6) is 1.71. The van der Waals surface area contributed by atoms with Crippen molar-refractivity contribution in [2.24, 2.45) is 0 Å². The number of rotatable bonds is 4. The minimum Gasteiger partial charge on any atom is -0.454 e. The molecule has 128 valence electrons. The number of aromatic amines is 1. The normalized spacial score (nSPS) is 23.6. The first kappa shape index (κ1) is 15.5. The van der Waals surface area contributed by atoms with Crippen LogP contribution < -0.4 is 9.47 Å². The third kappa shape index (κ3) is 2.99. The van der Waals surface area contributed by atoms with Gasteiger partial charge in [-0.25, -0.2) is 0 Å². The van der Waals surface area contributed by atoms with Crippen LogP contribution in [0.25, 0.3) is 0 Å². The summed E-state index contributed by atoms with van der Waals surface area (Å²) in [6.07, 6.45) is 1.48. The molecule has 0 bridgehead atoms. The number of hydrogen-bond donors (Lipinski definition) is 2. The van der Waals surface area contributed by atoms with Crippen molar-refractivity contribution in [3.05, 3.63) is 41.2 Å². The fourth-order valence-electron chi connectivity index (χ4n) is 3.59. The van der Waals surface area contributed by atoms with E-state index in [2.05, 4.69) is 28.1 Å². The molecule has 6 heteroatoms. The highest BCUT2D eigenvalue weighted by Gasteiger charge is 2.30. The van der Waals surface area contributed by atoms with Crippen LogP contribution in [0.2, 0.25) is 0 Å². The van der Waals surface area contributed by atoms with Crippen molar-refractivity contribution >= 4 is 0 Å². The Morgan fingerprint density at radius 2 is 2.17 bits per heavy atom. The number of aryl methyl sites for hydroxylation is 1. The molecule has 6 nitrogen and oxygen atoms in total. The van der Waals surface area contributed by atoms with Gasteiger partial charge in [0.05, 0.1) is 11.8 Å². The van der Waals surface area contributed by atoms with Crippen LogP contribution in [0.5, 0.6) is 11.5 Å². The highest BCUT2D eigenvalue weighted by atomic mass is 16.7. The molecule has 0 radical (unpaired) electrons. The van der Waals surface area contributed by atoms with Crippen molar-refractivity contribution in [2.45, 2.75) is 38.3 Å². The standard InChI is InChI=1S/C18H23N3O3/c1-2-13-8-14(20-19-13)9-21-6-5-15(16(22)10-21)12-3-4-17-18(7-12)24-11-23-17/h3-4,7-8,15-16,22H,2,5-6,9-11H2,1H3,(H,19,20)/t15-,16+/m0/s1. The number of nitrogens with one attached hydrogen (secondary N) is 1. The van der Waals surface area contributed by atoms with Gasteiger partial charge in [-0.15, -0.1) is 0 Å². The highest BCUT2D eigenvalue weighted by molar-refractivity contribution is 5.45. The van der Waals surface area contributed by atoms with Crippen LogP contribution in [0.1, 0.15) is 36.2 Å². The van der Waals surface area contributed by atoms with Gasteiger partial charge in [0.25, 0.3) is 0 Å². The van der Waals surface area contributed by atoms with Gasteiger partial charge >= 0.3 is 0 Å². The molecular formula is C18H23N3O3. The molecule has 0 saturated carbocycles. The summed E-state index contributed by atoms with van der Waals surface area (Å²) in [6.45, 7) is 4.80. The predicted molar refractivity (Wildman–Crippen MR) is 89.2 cm³/mol. The van der Waals surface area contributed by atoms with Gasteiger partial charge in [0.15, 0.2) is 11.5 Å². The number of ether oxygens (including phenoxy) is 2. The number of hydrogen-bond acceptors (Lipinski definition) is 5. The number of piperidine rings is 1. The summed E-state index contributed by atoms with van der Waals surface area (Å²) in [5.41, 5.74) is 3.32. The Labute approximate surface area is 141 Å². The zero-order valence-electron chi connectivity index (χ0n) is 13.9. The van der Waals surface area contributed by atoms with Crippen LogP contribution in [-0.2, 0) is 13.0 Å². The lowest BCUT2D eigenvalue weighted by atomic mass is 9.87. The minimum absolute atomic E-state index is 0.142. The molecule has 2 aromatic rings. The number of fused-ring (bicyclic) bond motifs is 1. The number of H-pyrrole nitrogens is 1. The molecule has 2 N–H and O–H groups in total. The zero-order chi connectivity index (χ0) is 16.5. The van der Waals surface area contributed by atoms with Gasteiger partial charge in [-0.3, -0.25) is 10.00 Å². The summed E-state index contributed by atoms with van der Waals surface area (Å²) in [6, 6.07) is 8.09. The first-order valence-electron chi connectivity index (χ1n) is 8.56. The van der Waals surface area contributed by atoms with E-state index in [0.717, 1.165) is 54.4 Å². The van der Waals surface area contributed by atoms with Crippen LogP contribution in [0.4, 0.5) is 0 Å². The Morgan fingerprint density at radius 1 is 1.29 bits per heavy atom. The SMILES string of the molecule is CCc1cc(CN2CC[C@@H](c3ccc4c(c3)OCO4)[C@H](O)C2)[nH]n1. The Hall–Kier alpha value is -2.05. The van der Waals surface area contributed by atoms with Crippen LogP contribution >= 0.6 is 0 Å². The fourth-order valence-corrected chi connectivity index (χ4v) is 3.59. The van der Waals surface area contributed by atoms with E-state index in [1.807, 2.05) is 18.2 Å². The Morgan fingerprint density at radius 3 is 2.96 bits per heavy atom. The minimum atomic E-state index is -0.382. The fraction of sp³-hybridized carbons (Fsp3) is 0.500. The molecule has 0 spiro atoms. The lowest BCUT2D eigenvalue weighted by molar-refractivity contribution is 0.0471. The lowest BCUT2D eigenvalue weighted by Gasteiger charge is -2.36. The molecule has 24 heavy (non-hydrogen) atoms. The van der Waals surface area contributed by atoms with Crippen molar-refractivity contribution in [1.29, 1.82) is 0 Å². The maximum atomic E-state index is 10.6. The first-order valence-corrected chi connectivity index (χ1v) is 8.56. The summed E-state index contributed by atoms with van der Waals surface area (Å²) in [4.78, 5) is 2.28. The second-order valence-electron chi connectivity index (χ2n) is 6.55. The number of aliphatic hydroxyl groups excluding tert-OH is 1. The predicted octanol–water partition coefficient (Wildman–Crippen LogP) is 2.05. The molecule has 2 aliphatic rings. The van der Waals surface area contributed by atoms with Crippen LogP contribution in [0.3, 0.4) is 0 Å². The van der Waals surface area contributed by atoms with Gasteiger partial charge in [0.2, 0.25) is 6.79 Å². The Bertz CT molecular complexity index is 715. The number of aliphatic hydroxyl groups is 1. The van der Waals surface area contributed by atoms with Gasteiger partial charge in [0.1, 0.15) is 0 Å². The van der Waals surface area contributed by atoms with Crippen molar-refractivity contribution < 1.29 is 14.6 Å². The topological polar surface area (TPSA) is 70.6 Å². The van der Waals surface area contributed by atoms with Gasteiger partial charge in [-0.2, -0.15) is 5.10 Å². The number of likely N-dealkylation sites (tertiary alicyclic amines) is 1. The lowest BCUT2D eigenvalue weighted by Crippen LogP contribution is -2.42. The third-order valence-corrected chi connectivity index (χ3v) is 4.93. The van der Waals surface area contributed by atoms with Gasteiger partial charge < -0.3 is 14.6 Å². The molecular weight excluding hydrogens is 306 g/mol.